The number of rotatable bonds is 8. The van der Waals surface area contributed by atoms with E-state index in [2.05, 4.69) is 41.6 Å². The summed E-state index contributed by atoms with van der Waals surface area (Å²) in [5.74, 6) is 0.648. The summed E-state index contributed by atoms with van der Waals surface area (Å²) in [7, 11) is 0. The second kappa shape index (κ2) is 7.87. The van der Waals surface area contributed by atoms with Crippen LogP contribution in [0.3, 0.4) is 0 Å². The van der Waals surface area contributed by atoms with Crippen molar-refractivity contribution < 1.29 is 4.79 Å². The van der Waals surface area contributed by atoms with Crippen LogP contribution in [0.4, 0.5) is 5.82 Å². The van der Waals surface area contributed by atoms with Crippen molar-refractivity contribution in [3.8, 4) is 0 Å². The Hall–Kier alpha value is -1.36. The van der Waals surface area contributed by atoms with Gasteiger partial charge in [-0.3, -0.25) is 9.89 Å². The van der Waals surface area contributed by atoms with E-state index in [-0.39, 0.29) is 5.91 Å². The maximum atomic E-state index is 11.6. The number of hydrogen-bond donors (Lipinski definition) is 3. The van der Waals surface area contributed by atoms with Gasteiger partial charge < -0.3 is 10.6 Å². The molecule has 1 aromatic rings. The number of aromatic amines is 1. The molecule has 0 spiro atoms. The molecule has 1 aromatic heterocycles. The Morgan fingerprint density at radius 3 is 2.94 bits per heavy atom. The van der Waals surface area contributed by atoms with Crippen molar-refractivity contribution in [2.75, 3.05) is 11.9 Å². The van der Waals surface area contributed by atoms with E-state index in [1.165, 1.54) is 0 Å². The second-order valence-corrected chi connectivity index (χ2v) is 4.79. The molecule has 0 bridgehead atoms. The van der Waals surface area contributed by atoms with Gasteiger partial charge in [0, 0.05) is 24.2 Å². The van der Waals surface area contributed by atoms with Crippen LogP contribution in [0.25, 0.3) is 0 Å². The van der Waals surface area contributed by atoms with Gasteiger partial charge in [-0.05, 0) is 19.4 Å². The van der Waals surface area contributed by atoms with Crippen LogP contribution in [-0.2, 0) is 11.2 Å². The van der Waals surface area contributed by atoms with E-state index in [0.717, 1.165) is 31.5 Å². The molecule has 5 heteroatoms. The zero-order valence-corrected chi connectivity index (χ0v) is 11.5. The summed E-state index contributed by atoms with van der Waals surface area (Å²) < 4.78 is 0. The predicted octanol–water partition coefficient (Wildman–Crippen LogP) is 2.08. The first-order valence-electron chi connectivity index (χ1n) is 6.69. The molecule has 1 amide bonds. The van der Waals surface area contributed by atoms with Gasteiger partial charge in [0.15, 0.2) is 5.82 Å². The summed E-state index contributed by atoms with van der Waals surface area (Å²) in [6.07, 6.45) is 3.39. The maximum absolute atomic E-state index is 11.6. The molecule has 1 heterocycles. The average Bonchev–Trinajstić information content (AvgIpc) is 2.72. The lowest BCUT2D eigenvalue weighted by atomic mass is 10.2. The molecular weight excluding hydrogens is 228 g/mol. The quantitative estimate of drug-likeness (QED) is 0.620. The molecule has 0 saturated heterocycles. The molecule has 18 heavy (non-hydrogen) atoms. The van der Waals surface area contributed by atoms with E-state index in [0.29, 0.717) is 18.3 Å². The van der Waals surface area contributed by atoms with Crippen molar-refractivity contribution in [2.24, 2.45) is 0 Å². The molecule has 0 aliphatic heterocycles. The van der Waals surface area contributed by atoms with Crippen LogP contribution in [-0.4, -0.2) is 28.7 Å². The first-order valence-corrected chi connectivity index (χ1v) is 6.69. The van der Waals surface area contributed by atoms with Gasteiger partial charge in [0.25, 0.3) is 0 Å². The third-order valence-electron chi connectivity index (χ3n) is 2.55. The minimum absolute atomic E-state index is 0.0232. The maximum Gasteiger partial charge on any atom is 0.225 e. The zero-order valence-electron chi connectivity index (χ0n) is 11.5. The predicted molar refractivity (Wildman–Crippen MR) is 73.6 cm³/mol. The molecule has 5 nitrogen and oxygen atoms in total. The molecule has 0 aliphatic carbocycles. The smallest absolute Gasteiger partial charge is 0.225 e. The number of aryl methyl sites for hydroxylation is 1. The number of aromatic nitrogens is 2. The monoisotopic (exact) mass is 252 g/mol. The van der Waals surface area contributed by atoms with Crippen molar-refractivity contribution in [3.05, 3.63) is 11.8 Å². The average molecular weight is 252 g/mol. The zero-order chi connectivity index (χ0) is 13.4. The van der Waals surface area contributed by atoms with Gasteiger partial charge in [-0.2, -0.15) is 5.10 Å². The van der Waals surface area contributed by atoms with Crippen LogP contribution in [0.15, 0.2) is 6.07 Å². The third kappa shape index (κ3) is 5.82. The molecule has 1 rings (SSSR count). The van der Waals surface area contributed by atoms with Crippen molar-refractivity contribution in [1.82, 2.24) is 15.5 Å². The molecule has 0 aliphatic rings. The third-order valence-corrected chi connectivity index (χ3v) is 2.55. The van der Waals surface area contributed by atoms with Gasteiger partial charge in [0.05, 0.1) is 0 Å². The SMILES string of the molecule is CCCc1cc(NC(=O)CCCNC(C)C)n[nH]1. The molecule has 0 atom stereocenters. The summed E-state index contributed by atoms with van der Waals surface area (Å²) in [6.45, 7) is 7.17. The number of hydrogen-bond acceptors (Lipinski definition) is 3. The standard InChI is InChI=1S/C13H24N4O/c1-4-6-11-9-12(17-16-11)15-13(18)7-5-8-14-10(2)3/h9-10,14H,4-8H2,1-3H3,(H2,15,16,17,18). The normalized spacial score (nSPS) is 10.9. The molecule has 0 unspecified atom stereocenters. The molecule has 0 fully saturated rings. The number of carbonyl (C=O) groups is 1. The van der Waals surface area contributed by atoms with E-state index < -0.39 is 0 Å². The molecule has 102 valence electrons. The van der Waals surface area contributed by atoms with Crippen LogP contribution < -0.4 is 10.6 Å². The minimum atomic E-state index is 0.0232. The summed E-state index contributed by atoms with van der Waals surface area (Å²) in [4.78, 5) is 11.6. The lowest BCUT2D eigenvalue weighted by molar-refractivity contribution is -0.116. The lowest BCUT2D eigenvalue weighted by Crippen LogP contribution is -2.24. The fraction of sp³-hybridized carbons (Fsp3) is 0.692. The van der Waals surface area contributed by atoms with Crippen molar-refractivity contribution in [1.29, 1.82) is 0 Å². The van der Waals surface area contributed by atoms with Gasteiger partial charge in [0.1, 0.15) is 0 Å². The molecule has 0 radical (unpaired) electrons. The van der Waals surface area contributed by atoms with Gasteiger partial charge in [-0.15, -0.1) is 0 Å². The Bertz CT molecular complexity index is 360. The van der Waals surface area contributed by atoms with Gasteiger partial charge in [0.2, 0.25) is 5.91 Å². The molecule has 3 N–H and O–H groups in total. The van der Waals surface area contributed by atoms with E-state index >= 15 is 0 Å². The highest BCUT2D eigenvalue weighted by atomic mass is 16.1. The van der Waals surface area contributed by atoms with Crippen LogP contribution in [0.1, 0.15) is 45.7 Å². The number of anilines is 1. The Kier molecular flexibility index (Phi) is 6.43. The fourth-order valence-electron chi connectivity index (χ4n) is 1.67. The van der Waals surface area contributed by atoms with E-state index in [4.69, 9.17) is 0 Å². The van der Waals surface area contributed by atoms with Crippen LogP contribution in [0.2, 0.25) is 0 Å². The summed E-state index contributed by atoms with van der Waals surface area (Å²) in [5, 5.41) is 13.1. The topological polar surface area (TPSA) is 69.8 Å². The van der Waals surface area contributed by atoms with Crippen molar-refractivity contribution >= 4 is 11.7 Å². The number of nitrogens with one attached hydrogen (secondary N) is 3. The molecule has 0 aromatic carbocycles. The van der Waals surface area contributed by atoms with Crippen LogP contribution in [0.5, 0.6) is 0 Å². The number of carbonyl (C=O) groups excluding carboxylic acids is 1. The van der Waals surface area contributed by atoms with Crippen LogP contribution >= 0.6 is 0 Å². The van der Waals surface area contributed by atoms with Gasteiger partial charge in [-0.1, -0.05) is 27.2 Å². The first-order chi connectivity index (χ1) is 8.61. The highest BCUT2D eigenvalue weighted by molar-refractivity contribution is 5.89. The van der Waals surface area contributed by atoms with E-state index in [9.17, 15) is 4.79 Å². The lowest BCUT2D eigenvalue weighted by Gasteiger charge is -2.07. The Morgan fingerprint density at radius 2 is 2.28 bits per heavy atom. The van der Waals surface area contributed by atoms with Crippen molar-refractivity contribution in [3.63, 3.8) is 0 Å². The second-order valence-electron chi connectivity index (χ2n) is 4.79. The van der Waals surface area contributed by atoms with Crippen molar-refractivity contribution in [2.45, 2.75) is 52.5 Å². The number of amides is 1. The summed E-state index contributed by atoms with van der Waals surface area (Å²) >= 11 is 0. The fourth-order valence-corrected chi connectivity index (χ4v) is 1.67. The van der Waals surface area contributed by atoms with E-state index in [1.54, 1.807) is 0 Å². The highest BCUT2D eigenvalue weighted by Gasteiger charge is 2.05. The first kappa shape index (κ1) is 14.7. The molecular formula is C13H24N4O. The van der Waals surface area contributed by atoms with Gasteiger partial charge >= 0.3 is 0 Å². The Morgan fingerprint density at radius 1 is 1.50 bits per heavy atom. The largest absolute Gasteiger partial charge is 0.315 e. The minimum Gasteiger partial charge on any atom is -0.315 e. The highest BCUT2D eigenvalue weighted by Crippen LogP contribution is 2.07. The summed E-state index contributed by atoms with van der Waals surface area (Å²) in [5.41, 5.74) is 1.06. The number of nitrogens with zero attached hydrogens (tertiary/aromatic N) is 1. The molecule has 0 saturated carbocycles. The van der Waals surface area contributed by atoms with Gasteiger partial charge in [-0.25, -0.2) is 0 Å². The Balaban J connectivity index is 2.22. The van der Waals surface area contributed by atoms with Crippen LogP contribution in [0, 0.1) is 0 Å². The van der Waals surface area contributed by atoms with E-state index in [1.807, 2.05) is 6.07 Å². The summed E-state index contributed by atoms with van der Waals surface area (Å²) in [6, 6.07) is 2.37. The Labute approximate surface area is 109 Å². The number of H-pyrrole nitrogens is 1.